The highest BCUT2D eigenvalue weighted by Crippen LogP contribution is 2.08. The number of rotatable bonds is 5. The van der Waals surface area contributed by atoms with E-state index in [9.17, 15) is 4.79 Å². The molecule has 0 aliphatic rings. The van der Waals surface area contributed by atoms with E-state index in [4.69, 9.17) is 5.11 Å². The SMILES string of the molecule is CCCN(CC)C(=O)c1cccc(C#CCCO)c1. The molecule has 1 rings (SSSR count). The number of benzene rings is 1. The average molecular weight is 259 g/mol. The molecule has 19 heavy (non-hydrogen) atoms. The van der Waals surface area contributed by atoms with Gasteiger partial charge >= 0.3 is 0 Å². The third-order valence-electron chi connectivity index (χ3n) is 2.74. The van der Waals surface area contributed by atoms with Crippen LogP contribution in [0.15, 0.2) is 24.3 Å². The Labute approximate surface area is 115 Å². The first-order chi connectivity index (χ1) is 9.22. The van der Waals surface area contributed by atoms with Gasteiger partial charge in [0.2, 0.25) is 0 Å². The smallest absolute Gasteiger partial charge is 0.253 e. The van der Waals surface area contributed by atoms with E-state index in [2.05, 4.69) is 18.8 Å². The van der Waals surface area contributed by atoms with Crippen LogP contribution in [-0.2, 0) is 0 Å². The Morgan fingerprint density at radius 3 is 2.79 bits per heavy atom. The minimum atomic E-state index is 0.0511. The van der Waals surface area contributed by atoms with Crippen LogP contribution in [0.2, 0.25) is 0 Å². The topological polar surface area (TPSA) is 40.5 Å². The first-order valence-corrected chi connectivity index (χ1v) is 6.72. The molecule has 1 aromatic carbocycles. The van der Waals surface area contributed by atoms with Crippen molar-refractivity contribution in [3.05, 3.63) is 35.4 Å². The molecule has 3 nitrogen and oxygen atoms in total. The van der Waals surface area contributed by atoms with Crippen LogP contribution in [0, 0.1) is 11.8 Å². The summed E-state index contributed by atoms with van der Waals surface area (Å²) >= 11 is 0. The Hall–Kier alpha value is -1.79. The largest absolute Gasteiger partial charge is 0.395 e. The van der Waals surface area contributed by atoms with Crippen LogP contribution >= 0.6 is 0 Å². The Morgan fingerprint density at radius 1 is 1.37 bits per heavy atom. The van der Waals surface area contributed by atoms with Gasteiger partial charge < -0.3 is 10.0 Å². The van der Waals surface area contributed by atoms with Crippen molar-refractivity contribution in [3.8, 4) is 11.8 Å². The molecule has 0 spiro atoms. The molecule has 102 valence electrons. The van der Waals surface area contributed by atoms with Gasteiger partial charge in [0.05, 0.1) is 6.61 Å². The number of carbonyl (C=O) groups excluding carboxylic acids is 1. The van der Waals surface area contributed by atoms with E-state index in [1.165, 1.54) is 0 Å². The van der Waals surface area contributed by atoms with Crippen LogP contribution in [0.3, 0.4) is 0 Å². The van der Waals surface area contributed by atoms with E-state index in [1.807, 2.05) is 36.1 Å². The maximum Gasteiger partial charge on any atom is 0.253 e. The number of nitrogens with zero attached hydrogens (tertiary/aromatic N) is 1. The molecule has 0 radical (unpaired) electrons. The van der Waals surface area contributed by atoms with Crippen molar-refractivity contribution in [1.82, 2.24) is 4.90 Å². The van der Waals surface area contributed by atoms with Crippen molar-refractivity contribution < 1.29 is 9.90 Å². The second kappa shape index (κ2) is 8.34. The maximum absolute atomic E-state index is 12.3. The van der Waals surface area contributed by atoms with Crippen molar-refractivity contribution in [2.24, 2.45) is 0 Å². The van der Waals surface area contributed by atoms with Crippen molar-refractivity contribution in [2.75, 3.05) is 19.7 Å². The molecular weight excluding hydrogens is 238 g/mol. The van der Waals surface area contributed by atoms with Crippen molar-refractivity contribution in [3.63, 3.8) is 0 Å². The fourth-order valence-electron chi connectivity index (χ4n) is 1.81. The van der Waals surface area contributed by atoms with Crippen LogP contribution < -0.4 is 0 Å². The van der Waals surface area contributed by atoms with Crippen LogP contribution in [0.25, 0.3) is 0 Å². The van der Waals surface area contributed by atoms with Crippen LogP contribution in [0.5, 0.6) is 0 Å². The third kappa shape index (κ3) is 4.76. The lowest BCUT2D eigenvalue weighted by molar-refractivity contribution is 0.0764. The van der Waals surface area contributed by atoms with Crippen LogP contribution in [0.4, 0.5) is 0 Å². The first-order valence-electron chi connectivity index (χ1n) is 6.72. The molecule has 0 aliphatic heterocycles. The summed E-state index contributed by atoms with van der Waals surface area (Å²) < 4.78 is 0. The van der Waals surface area contributed by atoms with E-state index in [0.29, 0.717) is 18.5 Å². The molecule has 0 saturated heterocycles. The Balaban J connectivity index is 2.86. The Bertz CT molecular complexity index is 471. The van der Waals surface area contributed by atoms with Gasteiger partial charge in [-0.15, -0.1) is 0 Å². The normalized spacial score (nSPS) is 9.63. The quantitative estimate of drug-likeness (QED) is 0.824. The summed E-state index contributed by atoms with van der Waals surface area (Å²) in [5, 5.41) is 8.69. The molecule has 0 bridgehead atoms. The molecule has 0 aromatic heterocycles. The summed E-state index contributed by atoms with van der Waals surface area (Å²) in [7, 11) is 0. The summed E-state index contributed by atoms with van der Waals surface area (Å²) in [6.45, 7) is 5.60. The summed E-state index contributed by atoms with van der Waals surface area (Å²) in [5.41, 5.74) is 1.48. The Kier molecular flexibility index (Phi) is 6.70. The van der Waals surface area contributed by atoms with E-state index in [-0.39, 0.29) is 12.5 Å². The fraction of sp³-hybridized carbons (Fsp3) is 0.438. The lowest BCUT2D eigenvalue weighted by atomic mass is 10.1. The van der Waals surface area contributed by atoms with Gasteiger partial charge in [0, 0.05) is 30.6 Å². The minimum absolute atomic E-state index is 0.0511. The maximum atomic E-state index is 12.3. The van der Waals surface area contributed by atoms with E-state index in [0.717, 1.165) is 18.5 Å². The molecule has 0 heterocycles. The fourth-order valence-corrected chi connectivity index (χ4v) is 1.81. The van der Waals surface area contributed by atoms with Crippen LogP contribution in [0.1, 0.15) is 42.6 Å². The number of hydrogen-bond donors (Lipinski definition) is 1. The van der Waals surface area contributed by atoms with Crippen molar-refractivity contribution in [2.45, 2.75) is 26.7 Å². The highest BCUT2D eigenvalue weighted by atomic mass is 16.2. The van der Waals surface area contributed by atoms with Crippen LogP contribution in [-0.4, -0.2) is 35.6 Å². The van der Waals surface area contributed by atoms with Gasteiger partial charge in [-0.1, -0.05) is 24.8 Å². The van der Waals surface area contributed by atoms with E-state index < -0.39 is 0 Å². The van der Waals surface area contributed by atoms with Gasteiger partial charge in [0.1, 0.15) is 0 Å². The summed E-state index contributed by atoms with van der Waals surface area (Å²) in [6.07, 6.45) is 1.41. The minimum Gasteiger partial charge on any atom is -0.395 e. The third-order valence-corrected chi connectivity index (χ3v) is 2.74. The second-order valence-electron chi connectivity index (χ2n) is 4.24. The number of hydrogen-bond acceptors (Lipinski definition) is 2. The highest BCUT2D eigenvalue weighted by Gasteiger charge is 2.12. The number of aliphatic hydroxyl groups is 1. The number of carbonyl (C=O) groups is 1. The molecule has 3 heteroatoms. The van der Waals surface area contributed by atoms with Crippen molar-refractivity contribution >= 4 is 5.91 Å². The second-order valence-corrected chi connectivity index (χ2v) is 4.24. The van der Waals surface area contributed by atoms with Gasteiger partial charge in [0.15, 0.2) is 0 Å². The zero-order valence-electron chi connectivity index (χ0n) is 11.6. The summed E-state index contributed by atoms with van der Waals surface area (Å²) in [5.74, 6) is 5.86. The molecule has 1 N–H and O–H groups in total. The molecule has 0 saturated carbocycles. The lowest BCUT2D eigenvalue weighted by Gasteiger charge is -2.20. The van der Waals surface area contributed by atoms with E-state index >= 15 is 0 Å². The number of aliphatic hydroxyl groups excluding tert-OH is 1. The van der Waals surface area contributed by atoms with E-state index in [1.54, 1.807) is 0 Å². The summed E-state index contributed by atoms with van der Waals surface area (Å²) in [6, 6.07) is 7.34. The Morgan fingerprint density at radius 2 is 2.16 bits per heavy atom. The molecule has 0 fully saturated rings. The van der Waals surface area contributed by atoms with Gasteiger partial charge in [-0.3, -0.25) is 4.79 Å². The summed E-state index contributed by atoms with van der Waals surface area (Å²) in [4.78, 5) is 14.1. The predicted octanol–water partition coefficient (Wildman–Crippen LogP) is 2.29. The van der Waals surface area contributed by atoms with Gasteiger partial charge in [0.25, 0.3) is 5.91 Å². The van der Waals surface area contributed by atoms with Gasteiger partial charge in [-0.05, 0) is 31.5 Å². The molecule has 1 amide bonds. The average Bonchev–Trinajstić information content (AvgIpc) is 2.44. The monoisotopic (exact) mass is 259 g/mol. The molecule has 1 aromatic rings. The zero-order valence-corrected chi connectivity index (χ0v) is 11.6. The lowest BCUT2D eigenvalue weighted by Crippen LogP contribution is -2.31. The molecule has 0 unspecified atom stereocenters. The molecule has 0 aliphatic carbocycles. The highest BCUT2D eigenvalue weighted by molar-refractivity contribution is 5.94. The standard InChI is InChI=1S/C16H21NO2/c1-3-11-17(4-2)16(19)15-10-7-9-14(13-15)8-5-6-12-18/h7,9-10,13,18H,3-4,6,11-12H2,1-2H3. The van der Waals surface area contributed by atoms with Gasteiger partial charge in [-0.25, -0.2) is 0 Å². The zero-order chi connectivity index (χ0) is 14.1. The molecule has 0 atom stereocenters. The first kappa shape index (κ1) is 15.3. The molecular formula is C16H21NO2. The number of amides is 1. The predicted molar refractivity (Wildman–Crippen MR) is 76.9 cm³/mol. The van der Waals surface area contributed by atoms with Gasteiger partial charge in [-0.2, -0.15) is 0 Å². The van der Waals surface area contributed by atoms with Crippen molar-refractivity contribution in [1.29, 1.82) is 0 Å².